The van der Waals surface area contributed by atoms with E-state index in [2.05, 4.69) is 18.7 Å². The van der Waals surface area contributed by atoms with Gasteiger partial charge in [-0.15, -0.1) is 12.4 Å². The first-order valence-electron chi connectivity index (χ1n) is 9.86. The minimum Gasteiger partial charge on any atom is -0.508 e. The minimum atomic E-state index is 0. The second kappa shape index (κ2) is 12.4. The maximum atomic E-state index is 9.96. The Morgan fingerprint density at radius 3 is 2.03 bits per heavy atom. The van der Waals surface area contributed by atoms with E-state index in [-0.39, 0.29) is 18.3 Å². The first kappa shape index (κ1) is 25.7. The van der Waals surface area contributed by atoms with Crippen molar-refractivity contribution < 1.29 is 24.1 Å². The van der Waals surface area contributed by atoms with Gasteiger partial charge in [0.2, 0.25) is 5.75 Å². The van der Waals surface area contributed by atoms with Crippen LogP contribution in [0.3, 0.4) is 0 Å². The standard InChI is InChI=1S/C23H33NO5.ClH/c1-16(2)18-15-19(25)17(3)14-22(18)28-12-10-24(4)11-13-29-23-20(26-5)8-7-9-21(23)27-6;/h7-9,14-16,25H,10-13H2,1-6H3;1H. The van der Waals surface area contributed by atoms with Crippen LogP contribution in [0.5, 0.6) is 28.7 Å². The van der Waals surface area contributed by atoms with Crippen LogP contribution in [0.25, 0.3) is 0 Å². The van der Waals surface area contributed by atoms with Gasteiger partial charge >= 0.3 is 0 Å². The molecule has 168 valence electrons. The molecule has 0 radical (unpaired) electrons. The van der Waals surface area contributed by atoms with Crippen molar-refractivity contribution in [2.24, 2.45) is 0 Å². The molecule has 1 N–H and O–H groups in total. The summed E-state index contributed by atoms with van der Waals surface area (Å²) in [5.41, 5.74) is 1.83. The van der Waals surface area contributed by atoms with Crippen molar-refractivity contribution in [1.29, 1.82) is 0 Å². The molecule has 0 spiro atoms. The Bertz CT molecular complexity index is 775. The van der Waals surface area contributed by atoms with Gasteiger partial charge in [-0.3, -0.25) is 4.90 Å². The lowest BCUT2D eigenvalue weighted by Gasteiger charge is -2.20. The van der Waals surface area contributed by atoms with Gasteiger partial charge < -0.3 is 24.1 Å². The molecule has 0 aliphatic rings. The second-order valence-corrected chi connectivity index (χ2v) is 7.32. The van der Waals surface area contributed by atoms with Crippen LogP contribution in [-0.4, -0.2) is 57.6 Å². The van der Waals surface area contributed by atoms with Crippen LogP contribution in [0.1, 0.15) is 30.9 Å². The summed E-state index contributed by atoms with van der Waals surface area (Å²) < 4.78 is 22.6. The van der Waals surface area contributed by atoms with Gasteiger partial charge in [0.15, 0.2) is 11.5 Å². The van der Waals surface area contributed by atoms with E-state index in [1.807, 2.05) is 38.2 Å². The lowest BCUT2D eigenvalue weighted by atomic mass is 10.00. The van der Waals surface area contributed by atoms with E-state index < -0.39 is 0 Å². The number of aromatic hydroxyl groups is 1. The van der Waals surface area contributed by atoms with E-state index in [0.29, 0.717) is 36.2 Å². The number of para-hydroxylation sites is 1. The normalized spacial score (nSPS) is 10.7. The minimum absolute atomic E-state index is 0. The summed E-state index contributed by atoms with van der Waals surface area (Å²) in [6.45, 7) is 8.60. The molecule has 0 saturated carbocycles. The highest BCUT2D eigenvalue weighted by Crippen LogP contribution is 2.36. The molecule has 0 aromatic heterocycles. The van der Waals surface area contributed by atoms with Gasteiger partial charge in [-0.05, 0) is 49.7 Å². The summed E-state index contributed by atoms with van der Waals surface area (Å²) in [6, 6.07) is 9.27. The lowest BCUT2D eigenvalue weighted by Crippen LogP contribution is -2.28. The van der Waals surface area contributed by atoms with Crippen molar-refractivity contribution in [1.82, 2.24) is 4.90 Å². The van der Waals surface area contributed by atoms with Crippen LogP contribution >= 0.6 is 12.4 Å². The third-order valence-electron chi connectivity index (χ3n) is 4.78. The van der Waals surface area contributed by atoms with E-state index in [1.165, 1.54) is 0 Å². The summed E-state index contributed by atoms with van der Waals surface area (Å²) in [7, 11) is 5.25. The van der Waals surface area contributed by atoms with Crippen LogP contribution in [0.2, 0.25) is 0 Å². The zero-order chi connectivity index (χ0) is 21.4. The molecule has 2 rings (SSSR count). The van der Waals surface area contributed by atoms with Crippen molar-refractivity contribution in [2.75, 3.05) is 47.6 Å². The van der Waals surface area contributed by atoms with Gasteiger partial charge in [0.25, 0.3) is 0 Å². The van der Waals surface area contributed by atoms with E-state index in [9.17, 15) is 5.11 Å². The first-order chi connectivity index (χ1) is 13.9. The molecule has 0 fully saturated rings. The number of methoxy groups -OCH3 is 2. The van der Waals surface area contributed by atoms with E-state index in [1.54, 1.807) is 20.3 Å². The Balaban J connectivity index is 0.00000450. The number of phenolic OH excluding ortho intramolecular Hbond substituents is 1. The lowest BCUT2D eigenvalue weighted by molar-refractivity contribution is 0.194. The number of ether oxygens (including phenoxy) is 4. The number of aryl methyl sites for hydroxylation is 1. The third-order valence-corrected chi connectivity index (χ3v) is 4.78. The van der Waals surface area contributed by atoms with Gasteiger partial charge in [-0.1, -0.05) is 19.9 Å². The topological polar surface area (TPSA) is 60.4 Å². The highest BCUT2D eigenvalue weighted by atomic mass is 35.5. The number of likely N-dealkylation sites (N-methyl/N-ethyl adjacent to an activating group) is 1. The number of rotatable bonds is 11. The summed E-state index contributed by atoms with van der Waals surface area (Å²) in [6.07, 6.45) is 0. The summed E-state index contributed by atoms with van der Waals surface area (Å²) >= 11 is 0. The van der Waals surface area contributed by atoms with Crippen molar-refractivity contribution in [3.8, 4) is 28.7 Å². The molecule has 0 atom stereocenters. The van der Waals surface area contributed by atoms with Crippen molar-refractivity contribution in [3.05, 3.63) is 41.5 Å². The number of hydrogen-bond acceptors (Lipinski definition) is 6. The molecular formula is C23H34ClNO5. The molecule has 0 unspecified atom stereocenters. The number of hydrogen-bond donors (Lipinski definition) is 1. The van der Waals surface area contributed by atoms with Crippen molar-refractivity contribution in [2.45, 2.75) is 26.7 Å². The van der Waals surface area contributed by atoms with Crippen LogP contribution < -0.4 is 18.9 Å². The largest absolute Gasteiger partial charge is 0.508 e. The van der Waals surface area contributed by atoms with Gasteiger partial charge in [0.05, 0.1) is 14.2 Å². The molecule has 0 heterocycles. The molecule has 0 amide bonds. The molecule has 0 bridgehead atoms. The Morgan fingerprint density at radius 1 is 0.933 bits per heavy atom. The number of phenols is 1. The predicted molar refractivity (Wildman–Crippen MR) is 122 cm³/mol. The average Bonchev–Trinajstić information content (AvgIpc) is 2.70. The fourth-order valence-corrected chi connectivity index (χ4v) is 2.95. The highest BCUT2D eigenvalue weighted by molar-refractivity contribution is 5.85. The zero-order valence-corrected chi connectivity index (χ0v) is 19.5. The number of nitrogens with zero attached hydrogens (tertiary/aromatic N) is 1. The van der Waals surface area contributed by atoms with Crippen LogP contribution in [0, 0.1) is 6.92 Å². The number of halogens is 1. The predicted octanol–water partition coefficient (Wildman–Crippen LogP) is 4.65. The highest BCUT2D eigenvalue weighted by Gasteiger charge is 2.13. The Morgan fingerprint density at radius 2 is 1.50 bits per heavy atom. The molecule has 0 saturated heterocycles. The van der Waals surface area contributed by atoms with E-state index >= 15 is 0 Å². The van der Waals surface area contributed by atoms with Crippen LogP contribution in [-0.2, 0) is 0 Å². The van der Waals surface area contributed by atoms with Crippen molar-refractivity contribution >= 4 is 12.4 Å². The average molecular weight is 440 g/mol. The van der Waals surface area contributed by atoms with Gasteiger partial charge in [-0.2, -0.15) is 0 Å². The summed E-state index contributed by atoms with van der Waals surface area (Å²) in [4.78, 5) is 2.14. The molecule has 2 aromatic rings. The molecular weight excluding hydrogens is 406 g/mol. The van der Waals surface area contributed by atoms with Gasteiger partial charge in [-0.25, -0.2) is 0 Å². The first-order valence-corrected chi connectivity index (χ1v) is 9.86. The summed E-state index contributed by atoms with van der Waals surface area (Å²) in [5, 5.41) is 9.96. The third kappa shape index (κ3) is 6.89. The SMILES string of the molecule is COc1cccc(OC)c1OCCN(C)CCOc1cc(C)c(O)cc1C(C)C.Cl. The molecule has 6 nitrogen and oxygen atoms in total. The summed E-state index contributed by atoms with van der Waals surface area (Å²) in [5.74, 6) is 3.33. The van der Waals surface area contributed by atoms with Crippen LogP contribution in [0.4, 0.5) is 0 Å². The smallest absolute Gasteiger partial charge is 0.203 e. The maximum Gasteiger partial charge on any atom is 0.203 e. The Labute approximate surface area is 186 Å². The van der Waals surface area contributed by atoms with Crippen LogP contribution in [0.15, 0.2) is 30.3 Å². The molecule has 30 heavy (non-hydrogen) atoms. The molecule has 7 heteroatoms. The maximum absolute atomic E-state index is 9.96. The molecule has 0 aliphatic heterocycles. The quantitative estimate of drug-likeness (QED) is 0.549. The molecule has 0 aliphatic carbocycles. The Kier molecular flexibility index (Phi) is 10.6. The monoisotopic (exact) mass is 439 g/mol. The number of benzene rings is 2. The van der Waals surface area contributed by atoms with E-state index in [4.69, 9.17) is 18.9 Å². The second-order valence-electron chi connectivity index (χ2n) is 7.32. The van der Waals surface area contributed by atoms with Gasteiger partial charge in [0, 0.05) is 18.7 Å². The zero-order valence-electron chi connectivity index (χ0n) is 18.7. The van der Waals surface area contributed by atoms with Gasteiger partial charge in [0.1, 0.15) is 24.7 Å². The fraction of sp³-hybridized carbons (Fsp3) is 0.478. The van der Waals surface area contributed by atoms with Crippen molar-refractivity contribution in [3.63, 3.8) is 0 Å². The Hall–Kier alpha value is -2.31. The van der Waals surface area contributed by atoms with E-state index in [0.717, 1.165) is 30.0 Å². The fourth-order valence-electron chi connectivity index (χ4n) is 2.95. The molecule has 2 aromatic carbocycles.